The molecule has 0 atom stereocenters. The Morgan fingerprint density at radius 1 is 1.16 bits per heavy atom. The maximum atomic E-state index is 12.8. The van der Waals surface area contributed by atoms with Crippen molar-refractivity contribution in [1.82, 2.24) is 0 Å². The van der Waals surface area contributed by atoms with E-state index in [9.17, 15) is 38.0 Å². The number of hydrogen-bond donors (Lipinski definition) is 1. The number of halogens is 4. The van der Waals surface area contributed by atoms with E-state index in [1.165, 1.54) is 6.07 Å². The zero-order chi connectivity index (χ0) is 22.9. The Bertz CT molecular complexity index is 1130. The molecule has 0 saturated heterocycles. The third-order valence-corrected chi connectivity index (χ3v) is 4.81. The molecule has 2 aromatic carbocycles. The highest BCUT2D eigenvalue weighted by Gasteiger charge is 2.34. The lowest BCUT2D eigenvalue weighted by Gasteiger charge is -2.15. The van der Waals surface area contributed by atoms with Crippen LogP contribution < -0.4 is 4.74 Å². The Morgan fingerprint density at radius 3 is 2.45 bits per heavy atom. The van der Waals surface area contributed by atoms with Gasteiger partial charge in [0, 0.05) is 12.8 Å². The number of carbonyl (C=O) groups excluding carboxylic acids is 2. The minimum atomic E-state index is -4.65. The molecule has 0 saturated carbocycles. The largest absolute Gasteiger partial charge is 0.511 e. The van der Waals surface area contributed by atoms with Crippen LogP contribution in [0.25, 0.3) is 0 Å². The fourth-order valence-corrected chi connectivity index (χ4v) is 3.29. The quantitative estimate of drug-likeness (QED) is 0.264. The number of para-hydroxylation sites is 1. The van der Waals surface area contributed by atoms with Crippen molar-refractivity contribution in [3.63, 3.8) is 0 Å². The van der Waals surface area contributed by atoms with E-state index in [4.69, 9.17) is 16.3 Å². The highest BCUT2D eigenvalue weighted by Crippen LogP contribution is 2.40. The van der Waals surface area contributed by atoms with E-state index in [1.807, 2.05) is 0 Å². The first kappa shape index (κ1) is 22.3. The second-order valence-electron chi connectivity index (χ2n) is 6.58. The van der Waals surface area contributed by atoms with Crippen LogP contribution in [-0.2, 0) is 11.0 Å². The minimum absolute atomic E-state index is 0.0102. The number of Topliss-reactive ketones (excluding diaryl/α,β-unsaturated/α-hetero) is 2. The van der Waals surface area contributed by atoms with Crippen molar-refractivity contribution in [2.24, 2.45) is 0 Å². The van der Waals surface area contributed by atoms with Crippen LogP contribution in [0.5, 0.6) is 11.5 Å². The fraction of sp³-hybridized carbons (Fsp3) is 0.200. The third-order valence-electron chi connectivity index (χ3n) is 4.52. The molecule has 0 amide bonds. The molecule has 7 nitrogen and oxygen atoms in total. The van der Waals surface area contributed by atoms with Crippen molar-refractivity contribution in [3.8, 4) is 11.5 Å². The second-order valence-corrected chi connectivity index (χ2v) is 6.99. The predicted molar refractivity (Wildman–Crippen MR) is 102 cm³/mol. The van der Waals surface area contributed by atoms with Gasteiger partial charge in [-0.05, 0) is 36.8 Å². The third kappa shape index (κ3) is 4.53. The minimum Gasteiger partial charge on any atom is -0.511 e. The van der Waals surface area contributed by atoms with Gasteiger partial charge in [0.15, 0.2) is 5.78 Å². The normalized spacial score (nSPS) is 14.5. The summed E-state index contributed by atoms with van der Waals surface area (Å²) in [6.45, 7) is 0. The number of allylic oxidation sites excluding steroid dienone is 2. The molecule has 0 spiro atoms. The molecule has 0 radical (unpaired) electrons. The second kappa shape index (κ2) is 8.38. The van der Waals surface area contributed by atoms with Gasteiger partial charge in [-0.1, -0.05) is 17.7 Å². The van der Waals surface area contributed by atoms with Crippen molar-refractivity contribution in [3.05, 3.63) is 74.0 Å². The number of carbonyl (C=O) groups is 2. The number of nitro groups is 1. The molecule has 1 aliphatic carbocycles. The summed E-state index contributed by atoms with van der Waals surface area (Å²) in [5, 5.41) is 21.2. The smallest absolute Gasteiger partial charge is 0.416 e. The van der Waals surface area contributed by atoms with Gasteiger partial charge < -0.3 is 9.84 Å². The van der Waals surface area contributed by atoms with Gasteiger partial charge >= 0.3 is 11.9 Å². The molecule has 0 bridgehead atoms. The van der Waals surface area contributed by atoms with E-state index in [-0.39, 0.29) is 18.6 Å². The Morgan fingerprint density at radius 2 is 1.87 bits per heavy atom. The molecule has 162 valence electrons. The topological polar surface area (TPSA) is 107 Å². The lowest BCUT2D eigenvalue weighted by atomic mass is 9.90. The van der Waals surface area contributed by atoms with Gasteiger partial charge in [-0.2, -0.15) is 13.2 Å². The molecule has 11 heteroatoms. The van der Waals surface area contributed by atoms with Gasteiger partial charge in [0.05, 0.1) is 15.5 Å². The van der Waals surface area contributed by atoms with Gasteiger partial charge in [0.25, 0.3) is 0 Å². The van der Waals surface area contributed by atoms with E-state index in [0.29, 0.717) is 18.6 Å². The SMILES string of the molecule is O=C1CCCC(O)=C1C(=O)c1cccc(Oc2ccc(C(F)(F)F)cc2Cl)c1[N+](=O)[O-]. The molecule has 31 heavy (non-hydrogen) atoms. The van der Waals surface area contributed by atoms with E-state index in [1.54, 1.807) is 0 Å². The van der Waals surface area contributed by atoms with Crippen LogP contribution in [0, 0.1) is 10.1 Å². The number of nitrogens with zero attached hydrogens (tertiary/aromatic N) is 1. The highest BCUT2D eigenvalue weighted by molar-refractivity contribution is 6.32. The molecule has 1 aliphatic rings. The summed E-state index contributed by atoms with van der Waals surface area (Å²) < 4.78 is 43.7. The van der Waals surface area contributed by atoms with Crippen molar-refractivity contribution >= 4 is 28.9 Å². The van der Waals surface area contributed by atoms with Crippen LogP contribution >= 0.6 is 11.6 Å². The van der Waals surface area contributed by atoms with Crippen LogP contribution in [0.4, 0.5) is 18.9 Å². The van der Waals surface area contributed by atoms with Crippen molar-refractivity contribution in [1.29, 1.82) is 0 Å². The van der Waals surface area contributed by atoms with Crippen molar-refractivity contribution in [2.45, 2.75) is 25.4 Å². The Labute approximate surface area is 177 Å². The Hall–Kier alpha value is -3.40. The van der Waals surface area contributed by atoms with Gasteiger partial charge in [-0.15, -0.1) is 0 Å². The number of nitro benzene ring substituents is 1. The standard InChI is InChI=1S/C20H13ClF3NO6/c21-12-9-10(20(22,23)24)7-8-15(12)31-16-6-1-3-11(18(16)25(29)30)19(28)17-13(26)4-2-5-14(17)27/h1,3,6-9,26H,2,4-5H2. The van der Waals surface area contributed by atoms with E-state index in [0.717, 1.165) is 18.2 Å². The summed E-state index contributed by atoms with van der Waals surface area (Å²) in [5.41, 5.74) is -2.90. The number of ketones is 2. The van der Waals surface area contributed by atoms with Gasteiger partial charge in [-0.25, -0.2) is 0 Å². The Kier molecular flexibility index (Phi) is 6.03. The molecule has 0 fully saturated rings. The molecular formula is C20H13ClF3NO6. The molecule has 1 N–H and O–H groups in total. The van der Waals surface area contributed by atoms with Crippen LogP contribution in [0.2, 0.25) is 5.02 Å². The van der Waals surface area contributed by atoms with Gasteiger partial charge in [-0.3, -0.25) is 19.7 Å². The number of alkyl halides is 3. The van der Waals surface area contributed by atoms with Gasteiger partial charge in [0.1, 0.15) is 22.6 Å². The average molecular weight is 456 g/mol. The zero-order valence-corrected chi connectivity index (χ0v) is 16.3. The number of aliphatic hydroxyl groups is 1. The van der Waals surface area contributed by atoms with Crippen molar-refractivity contribution in [2.75, 3.05) is 0 Å². The van der Waals surface area contributed by atoms with E-state index in [2.05, 4.69) is 0 Å². The van der Waals surface area contributed by atoms with E-state index >= 15 is 0 Å². The van der Waals surface area contributed by atoms with Crippen LogP contribution in [0.15, 0.2) is 47.7 Å². The van der Waals surface area contributed by atoms with Crippen molar-refractivity contribution < 1.29 is 37.5 Å². The summed E-state index contributed by atoms with van der Waals surface area (Å²) in [6, 6.07) is 5.62. The van der Waals surface area contributed by atoms with Gasteiger partial charge in [0.2, 0.25) is 11.5 Å². The number of ether oxygens (including phenoxy) is 1. The summed E-state index contributed by atoms with van der Waals surface area (Å²) in [4.78, 5) is 35.7. The maximum absolute atomic E-state index is 12.8. The molecule has 0 aromatic heterocycles. The summed E-state index contributed by atoms with van der Waals surface area (Å²) >= 11 is 5.83. The molecule has 2 aromatic rings. The average Bonchev–Trinajstić information content (AvgIpc) is 2.68. The maximum Gasteiger partial charge on any atom is 0.416 e. The Balaban J connectivity index is 2.05. The monoisotopic (exact) mass is 455 g/mol. The molecule has 3 rings (SSSR count). The fourth-order valence-electron chi connectivity index (χ4n) is 3.07. The molecule has 0 heterocycles. The molecule has 0 unspecified atom stereocenters. The first-order valence-corrected chi connectivity index (χ1v) is 9.20. The molecule has 0 aliphatic heterocycles. The van der Waals surface area contributed by atoms with Crippen LogP contribution in [0.3, 0.4) is 0 Å². The number of rotatable bonds is 5. The first-order chi connectivity index (χ1) is 14.5. The van der Waals surface area contributed by atoms with Crippen LogP contribution in [0.1, 0.15) is 35.2 Å². The summed E-state index contributed by atoms with van der Waals surface area (Å²) in [7, 11) is 0. The number of aliphatic hydroxyl groups excluding tert-OH is 1. The summed E-state index contributed by atoms with van der Waals surface area (Å²) in [6.07, 6.45) is -4.21. The highest BCUT2D eigenvalue weighted by atomic mass is 35.5. The molecular weight excluding hydrogens is 443 g/mol. The summed E-state index contributed by atoms with van der Waals surface area (Å²) in [5.74, 6) is -2.91. The predicted octanol–water partition coefficient (Wildman–Crippen LogP) is 5.81. The lowest BCUT2D eigenvalue weighted by Crippen LogP contribution is -2.20. The van der Waals surface area contributed by atoms with Crippen LogP contribution in [-0.4, -0.2) is 21.6 Å². The zero-order valence-electron chi connectivity index (χ0n) is 15.5. The lowest BCUT2D eigenvalue weighted by molar-refractivity contribution is -0.385. The van der Waals surface area contributed by atoms with E-state index < -0.39 is 61.6 Å². The first-order valence-electron chi connectivity index (χ1n) is 8.82. The number of hydrogen-bond acceptors (Lipinski definition) is 6. The number of benzene rings is 2.